The van der Waals surface area contributed by atoms with E-state index >= 15 is 0 Å². The highest BCUT2D eigenvalue weighted by Crippen LogP contribution is 2.39. The van der Waals surface area contributed by atoms with Crippen molar-refractivity contribution in [3.05, 3.63) is 47.0 Å². The van der Waals surface area contributed by atoms with E-state index in [4.69, 9.17) is 21.1 Å². The van der Waals surface area contributed by atoms with Gasteiger partial charge in [-0.1, -0.05) is 23.7 Å². The minimum absolute atomic E-state index is 0.103. The van der Waals surface area contributed by atoms with Crippen molar-refractivity contribution in [2.45, 2.75) is 13.5 Å². The molecule has 2 heterocycles. The highest BCUT2D eigenvalue weighted by molar-refractivity contribution is 6.32. The molecule has 2 aromatic carbocycles. The lowest BCUT2D eigenvalue weighted by Gasteiger charge is -2.08. The van der Waals surface area contributed by atoms with E-state index in [1.54, 1.807) is 12.1 Å². The van der Waals surface area contributed by atoms with Crippen LogP contribution in [0.1, 0.15) is 17.3 Å². The monoisotopic (exact) mass is 343 g/mol. The molecule has 1 amide bonds. The van der Waals surface area contributed by atoms with E-state index in [2.05, 4.69) is 10.3 Å². The summed E-state index contributed by atoms with van der Waals surface area (Å²) in [5.74, 6) is 1.13. The van der Waals surface area contributed by atoms with Crippen LogP contribution in [0.15, 0.2) is 36.4 Å². The second kappa shape index (κ2) is 5.72. The first-order valence-corrected chi connectivity index (χ1v) is 7.91. The molecule has 1 aliphatic heterocycles. The van der Waals surface area contributed by atoms with Crippen molar-refractivity contribution in [2.24, 2.45) is 0 Å². The van der Waals surface area contributed by atoms with Gasteiger partial charge in [0.25, 0.3) is 5.91 Å². The minimum atomic E-state index is -0.305. The van der Waals surface area contributed by atoms with Crippen molar-refractivity contribution >= 4 is 34.5 Å². The van der Waals surface area contributed by atoms with E-state index < -0.39 is 0 Å². The van der Waals surface area contributed by atoms with E-state index in [0.29, 0.717) is 34.6 Å². The topological polar surface area (TPSA) is 65.4 Å². The van der Waals surface area contributed by atoms with E-state index in [-0.39, 0.29) is 12.7 Å². The van der Waals surface area contributed by atoms with Crippen LogP contribution in [0.5, 0.6) is 11.5 Å². The third kappa shape index (κ3) is 2.35. The van der Waals surface area contributed by atoms with Gasteiger partial charge in [0.05, 0.1) is 16.1 Å². The van der Waals surface area contributed by atoms with Crippen LogP contribution >= 0.6 is 11.6 Å². The molecule has 1 aliphatic rings. The van der Waals surface area contributed by atoms with E-state index in [9.17, 15) is 4.79 Å². The molecule has 0 radical (unpaired) electrons. The van der Waals surface area contributed by atoms with Gasteiger partial charge in [-0.2, -0.15) is 0 Å². The number of nitrogens with zero attached hydrogens (tertiary/aromatic N) is 2. The lowest BCUT2D eigenvalue weighted by Crippen LogP contribution is -2.15. The molecule has 0 unspecified atom stereocenters. The number of anilines is 1. The van der Waals surface area contributed by atoms with Gasteiger partial charge in [0.2, 0.25) is 12.7 Å². The first-order chi connectivity index (χ1) is 11.7. The zero-order valence-electron chi connectivity index (χ0n) is 12.9. The number of aromatic nitrogens is 2. The molecule has 0 aliphatic carbocycles. The van der Waals surface area contributed by atoms with Gasteiger partial charge in [-0.05, 0) is 31.2 Å². The summed E-state index contributed by atoms with van der Waals surface area (Å²) in [6, 6.07) is 10.9. The predicted molar refractivity (Wildman–Crippen MR) is 90.9 cm³/mol. The van der Waals surface area contributed by atoms with Crippen LogP contribution in [0.4, 0.5) is 5.95 Å². The maximum Gasteiger partial charge on any atom is 0.258 e. The van der Waals surface area contributed by atoms with Crippen LogP contribution in [-0.4, -0.2) is 22.3 Å². The average Bonchev–Trinajstić information content (AvgIpc) is 3.18. The SMILES string of the molecule is CCn1c(NC(=O)c2cc(Cl)c3c(c2)OCO3)nc2ccccc21. The second-order valence-electron chi connectivity index (χ2n) is 5.31. The number of hydrogen-bond donors (Lipinski definition) is 1. The number of ether oxygens (including phenoxy) is 2. The normalized spacial score (nSPS) is 12.6. The second-order valence-corrected chi connectivity index (χ2v) is 5.72. The standard InChI is InChI=1S/C17H14ClN3O3/c1-2-21-13-6-4-3-5-12(13)19-17(21)20-16(22)10-7-11(18)15-14(8-10)23-9-24-15/h3-8H,2,9H2,1H3,(H,19,20,22). The lowest BCUT2D eigenvalue weighted by atomic mass is 10.2. The van der Waals surface area contributed by atoms with Crippen molar-refractivity contribution in [3.8, 4) is 11.5 Å². The summed E-state index contributed by atoms with van der Waals surface area (Å²) in [5, 5.41) is 3.19. The summed E-state index contributed by atoms with van der Waals surface area (Å²) in [6.45, 7) is 2.80. The van der Waals surface area contributed by atoms with Gasteiger partial charge in [-0.15, -0.1) is 0 Å². The Morgan fingerprint density at radius 3 is 3.00 bits per heavy atom. The van der Waals surface area contributed by atoms with Gasteiger partial charge in [-0.3, -0.25) is 10.1 Å². The molecule has 1 N–H and O–H groups in total. The smallest absolute Gasteiger partial charge is 0.258 e. The fraction of sp³-hybridized carbons (Fsp3) is 0.176. The first kappa shape index (κ1) is 14.8. The van der Waals surface area contributed by atoms with Crippen molar-refractivity contribution in [3.63, 3.8) is 0 Å². The van der Waals surface area contributed by atoms with E-state index in [1.807, 2.05) is 35.8 Å². The molecule has 0 fully saturated rings. The summed E-state index contributed by atoms with van der Waals surface area (Å²) < 4.78 is 12.5. The number of hydrogen-bond acceptors (Lipinski definition) is 4. The maximum atomic E-state index is 12.6. The number of amides is 1. The molecule has 7 heteroatoms. The number of para-hydroxylation sites is 2. The van der Waals surface area contributed by atoms with Crippen LogP contribution in [0.2, 0.25) is 5.02 Å². The number of rotatable bonds is 3. The number of aryl methyl sites for hydroxylation is 1. The Morgan fingerprint density at radius 2 is 2.17 bits per heavy atom. The van der Waals surface area contributed by atoms with Gasteiger partial charge < -0.3 is 14.0 Å². The molecule has 4 rings (SSSR count). The van der Waals surface area contributed by atoms with E-state index in [0.717, 1.165) is 11.0 Å². The number of carbonyl (C=O) groups is 1. The Bertz CT molecular complexity index is 952. The van der Waals surface area contributed by atoms with Crippen molar-refractivity contribution in [1.82, 2.24) is 9.55 Å². The predicted octanol–water partition coefficient (Wildman–Crippen LogP) is 3.69. The maximum absolute atomic E-state index is 12.6. The molecule has 122 valence electrons. The highest BCUT2D eigenvalue weighted by atomic mass is 35.5. The quantitative estimate of drug-likeness (QED) is 0.787. The largest absolute Gasteiger partial charge is 0.454 e. The van der Waals surface area contributed by atoms with E-state index in [1.165, 1.54) is 0 Å². The molecule has 6 nitrogen and oxygen atoms in total. The molecule has 3 aromatic rings. The zero-order valence-corrected chi connectivity index (χ0v) is 13.6. The molecule has 0 saturated carbocycles. The molecule has 0 bridgehead atoms. The summed E-state index contributed by atoms with van der Waals surface area (Å²) in [6.07, 6.45) is 0. The Balaban J connectivity index is 1.69. The number of nitrogens with one attached hydrogen (secondary N) is 1. The van der Waals surface area contributed by atoms with Gasteiger partial charge in [0, 0.05) is 12.1 Å². The minimum Gasteiger partial charge on any atom is -0.454 e. The molecular weight excluding hydrogens is 330 g/mol. The molecular formula is C17H14ClN3O3. The Hall–Kier alpha value is -2.73. The third-order valence-corrected chi connectivity index (χ3v) is 4.17. The van der Waals surface area contributed by atoms with Crippen molar-refractivity contribution < 1.29 is 14.3 Å². The van der Waals surface area contributed by atoms with Crippen LogP contribution in [0.3, 0.4) is 0 Å². The molecule has 0 spiro atoms. The number of carbonyl (C=O) groups excluding carboxylic acids is 1. The summed E-state index contributed by atoms with van der Waals surface area (Å²) in [5.41, 5.74) is 2.19. The van der Waals surface area contributed by atoms with Crippen molar-refractivity contribution in [1.29, 1.82) is 0 Å². The highest BCUT2D eigenvalue weighted by Gasteiger charge is 2.21. The molecule has 1 aromatic heterocycles. The third-order valence-electron chi connectivity index (χ3n) is 3.89. The van der Waals surface area contributed by atoms with Gasteiger partial charge in [0.15, 0.2) is 11.5 Å². The first-order valence-electron chi connectivity index (χ1n) is 7.53. The van der Waals surface area contributed by atoms with Crippen molar-refractivity contribution in [2.75, 3.05) is 12.1 Å². The Kier molecular flexibility index (Phi) is 3.54. The van der Waals surface area contributed by atoms with Crippen LogP contribution < -0.4 is 14.8 Å². The zero-order chi connectivity index (χ0) is 16.7. The van der Waals surface area contributed by atoms with Crippen LogP contribution in [-0.2, 0) is 6.54 Å². The fourth-order valence-corrected chi connectivity index (χ4v) is 3.03. The fourth-order valence-electron chi connectivity index (χ4n) is 2.76. The number of benzene rings is 2. The molecule has 0 saturated heterocycles. The molecule has 24 heavy (non-hydrogen) atoms. The van der Waals surface area contributed by atoms with Crippen LogP contribution in [0, 0.1) is 0 Å². The van der Waals surface area contributed by atoms with Gasteiger partial charge in [0.1, 0.15) is 0 Å². The summed E-state index contributed by atoms with van der Waals surface area (Å²) in [7, 11) is 0. The lowest BCUT2D eigenvalue weighted by molar-refractivity contribution is 0.102. The van der Waals surface area contributed by atoms with Gasteiger partial charge in [-0.25, -0.2) is 4.98 Å². The van der Waals surface area contributed by atoms with Crippen LogP contribution in [0.25, 0.3) is 11.0 Å². The summed E-state index contributed by atoms with van der Waals surface area (Å²) >= 11 is 6.14. The number of halogens is 1. The Labute approximate surface area is 143 Å². The van der Waals surface area contributed by atoms with Gasteiger partial charge >= 0.3 is 0 Å². The Morgan fingerprint density at radius 1 is 1.33 bits per heavy atom. The molecule has 0 atom stereocenters. The number of fused-ring (bicyclic) bond motifs is 2. The number of imidazole rings is 1. The summed E-state index contributed by atoms with van der Waals surface area (Å²) in [4.78, 5) is 17.1. The average molecular weight is 344 g/mol.